The minimum absolute atomic E-state index is 0.317. The molecule has 0 aromatic rings. The molecule has 0 spiro atoms. The molecule has 0 N–H and O–H groups in total. The number of hydrogen-bond donors (Lipinski definition) is 0. The van der Waals surface area contributed by atoms with Gasteiger partial charge in [-0.05, 0) is 28.1 Å². The molecule has 0 aromatic heterocycles. The predicted octanol–water partition coefficient (Wildman–Crippen LogP) is 6.30. The summed E-state index contributed by atoms with van der Waals surface area (Å²) < 4.78 is 0. The third kappa shape index (κ3) is 3.06. The van der Waals surface area contributed by atoms with Gasteiger partial charge >= 0.3 is 0 Å². The van der Waals surface area contributed by atoms with Crippen LogP contribution in [0.25, 0.3) is 0 Å². The van der Waals surface area contributed by atoms with Crippen molar-refractivity contribution < 1.29 is 0 Å². The molecule has 0 atom stereocenters. The average Bonchev–Trinajstić information content (AvgIpc) is 2.12. The fourth-order valence-electron chi connectivity index (χ4n) is 2.71. The van der Waals surface area contributed by atoms with Gasteiger partial charge in [-0.25, -0.2) is 0 Å². The Hall–Kier alpha value is 0. The summed E-state index contributed by atoms with van der Waals surface area (Å²) in [7, 11) is 0. The van der Waals surface area contributed by atoms with Gasteiger partial charge in [0.2, 0.25) is 0 Å². The van der Waals surface area contributed by atoms with Crippen LogP contribution in [-0.4, -0.2) is 0 Å². The molecule has 0 heteroatoms. The van der Waals surface area contributed by atoms with Crippen LogP contribution in [0.5, 0.6) is 0 Å². The largest absolute Gasteiger partial charge is 0.0654 e. The van der Waals surface area contributed by atoms with Crippen molar-refractivity contribution in [1.29, 1.82) is 0 Å². The number of unbranched alkanes of at least 4 members (excludes halogenated alkanes) is 1. The van der Waals surface area contributed by atoms with Gasteiger partial charge in [0.15, 0.2) is 0 Å². The van der Waals surface area contributed by atoms with Crippen LogP contribution < -0.4 is 0 Å². The lowest BCUT2D eigenvalue weighted by Gasteiger charge is -2.58. The molecule has 0 amide bonds. The highest BCUT2D eigenvalue weighted by Crippen LogP contribution is 2.60. The molecule has 0 unspecified atom stereocenters. The molecule has 0 rings (SSSR count). The van der Waals surface area contributed by atoms with Gasteiger partial charge in [-0.1, -0.05) is 82.1 Å². The lowest BCUT2D eigenvalue weighted by molar-refractivity contribution is -0.0907. The molecule has 0 saturated heterocycles. The van der Waals surface area contributed by atoms with Gasteiger partial charge in [-0.2, -0.15) is 0 Å². The van der Waals surface area contributed by atoms with E-state index in [1.807, 2.05) is 0 Å². The molecule has 0 aromatic carbocycles. The maximum Gasteiger partial charge on any atom is -0.0247 e. The molecular weight excluding hydrogens is 204 g/mol. The summed E-state index contributed by atoms with van der Waals surface area (Å²) in [4.78, 5) is 0. The first kappa shape index (κ1) is 17.0. The molecule has 0 fully saturated rings. The Balaban J connectivity index is 5.24. The van der Waals surface area contributed by atoms with Crippen molar-refractivity contribution in [1.82, 2.24) is 0 Å². The van der Waals surface area contributed by atoms with E-state index in [2.05, 4.69) is 69.2 Å². The monoisotopic (exact) mass is 240 g/mol. The van der Waals surface area contributed by atoms with Crippen LogP contribution in [0.1, 0.15) is 88.5 Å². The number of hydrogen-bond acceptors (Lipinski definition) is 0. The zero-order valence-electron chi connectivity index (χ0n) is 14.1. The number of rotatable bonds is 5. The Morgan fingerprint density at radius 2 is 1.06 bits per heavy atom. The van der Waals surface area contributed by atoms with Crippen LogP contribution in [-0.2, 0) is 0 Å². The third-order valence-electron chi connectivity index (χ3n) is 6.28. The van der Waals surface area contributed by atoms with E-state index in [0.717, 1.165) is 0 Å². The minimum Gasteiger partial charge on any atom is -0.0654 e. The SMILES string of the molecule is CCCCC(C)(C)C(C)(C)C(C)(C)C(C)(C)C. The van der Waals surface area contributed by atoms with E-state index in [9.17, 15) is 0 Å². The molecular formula is C17H36. The first-order valence-electron chi connectivity index (χ1n) is 7.31. The van der Waals surface area contributed by atoms with Crippen molar-refractivity contribution in [3.05, 3.63) is 0 Å². The Morgan fingerprint density at radius 3 is 1.35 bits per heavy atom. The maximum atomic E-state index is 2.47. The van der Waals surface area contributed by atoms with E-state index < -0.39 is 0 Å². The lowest BCUT2D eigenvalue weighted by atomic mass is 9.47. The second kappa shape index (κ2) is 4.94. The van der Waals surface area contributed by atoms with Crippen molar-refractivity contribution in [2.75, 3.05) is 0 Å². The first-order valence-corrected chi connectivity index (χ1v) is 7.31. The van der Waals surface area contributed by atoms with Crippen molar-refractivity contribution >= 4 is 0 Å². The van der Waals surface area contributed by atoms with Crippen LogP contribution in [0.2, 0.25) is 0 Å². The van der Waals surface area contributed by atoms with E-state index in [4.69, 9.17) is 0 Å². The predicted molar refractivity (Wildman–Crippen MR) is 80.3 cm³/mol. The fourth-order valence-corrected chi connectivity index (χ4v) is 2.71. The summed E-state index contributed by atoms with van der Waals surface area (Å²) in [5, 5.41) is 0. The van der Waals surface area contributed by atoms with Gasteiger partial charge < -0.3 is 0 Å². The smallest absolute Gasteiger partial charge is 0.0247 e. The summed E-state index contributed by atoms with van der Waals surface area (Å²) in [5.41, 5.74) is 1.37. The van der Waals surface area contributed by atoms with E-state index in [0.29, 0.717) is 21.7 Å². The quantitative estimate of drug-likeness (QED) is 0.529. The highest BCUT2D eigenvalue weighted by Gasteiger charge is 2.52. The van der Waals surface area contributed by atoms with Crippen molar-refractivity contribution in [2.24, 2.45) is 21.7 Å². The molecule has 17 heavy (non-hydrogen) atoms. The van der Waals surface area contributed by atoms with Crippen molar-refractivity contribution in [3.63, 3.8) is 0 Å². The van der Waals surface area contributed by atoms with Gasteiger partial charge in [0.1, 0.15) is 0 Å². The van der Waals surface area contributed by atoms with E-state index in [1.165, 1.54) is 19.3 Å². The molecule has 0 heterocycles. The fraction of sp³-hybridized carbons (Fsp3) is 1.00. The minimum atomic E-state index is 0.317. The molecule has 0 bridgehead atoms. The summed E-state index contributed by atoms with van der Waals surface area (Å²) in [6.45, 7) is 24.2. The third-order valence-corrected chi connectivity index (χ3v) is 6.28. The Morgan fingerprint density at radius 1 is 0.647 bits per heavy atom. The van der Waals surface area contributed by atoms with E-state index >= 15 is 0 Å². The summed E-state index contributed by atoms with van der Waals surface area (Å²) in [6.07, 6.45) is 3.97. The van der Waals surface area contributed by atoms with Crippen LogP contribution in [0, 0.1) is 21.7 Å². The van der Waals surface area contributed by atoms with Crippen LogP contribution in [0.4, 0.5) is 0 Å². The molecule has 0 saturated carbocycles. The second-order valence-corrected chi connectivity index (χ2v) is 8.49. The maximum absolute atomic E-state index is 2.47. The highest BCUT2D eigenvalue weighted by atomic mass is 14.6. The van der Waals surface area contributed by atoms with Gasteiger partial charge in [0.05, 0.1) is 0 Å². The van der Waals surface area contributed by atoms with Gasteiger partial charge in [0, 0.05) is 0 Å². The first-order chi connectivity index (χ1) is 7.31. The van der Waals surface area contributed by atoms with Crippen LogP contribution in [0.15, 0.2) is 0 Å². The average molecular weight is 240 g/mol. The zero-order chi connectivity index (χ0) is 14.1. The lowest BCUT2D eigenvalue weighted by Crippen LogP contribution is -2.50. The highest BCUT2D eigenvalue weighted by molar-refractivity contribution is 5.01. The molecule has 0 aliphatic heterocycles. The van der Waals surface area contributed by atoms with Crippen molar-refractivity contribution in [3.8, 4) is 0 Å². The van der Waals surface area contributed by atoms with Crippen LogP contribution >= 0.6 is 0 Å². The molecule has 0 aliphatic carbocycles. The van der Waals surface area contributed by atoms with Gasteiger partial charge in [-0.3, -0.25) is 0 Å². The summed E-state index contributed by atoms with van der Waals surface area (Å²) in [5.74, 6) is 0. The standard InChI is InChI=1S/C17H36/c1-11-12-13-15(5,6)17(9,10)16(7,8)14(2,3)4/h11-13H2,1-10H3. The molecule has 0 aliphatic rings. The summed E-state index contributed by atoms with van der Waals surface area (Å²) in [6, 6.07) is 0. The van der Waals surface area contributed by atoms with Gasteiger partial charge in [0.25, 0.3) is 0 Å². The van der Waals surface area contributed by atoms with E-state index in [-0.39, 0.29) is 0 Å². The van der Waals surface area contributed by atoms with Crippen LogP contribution in [0.3, 0.4) is 0 Å². The van der Waals surface area contributed by atoms with Gasteiger partial charge in [-0.15, -0.1) is 0 Å². The summed E-state index contributed by atoms with van der Waals surface area (Å²) >= 11 is 0. The normalized spacial score (nSPS) is 15.2. The Kier molecular flexibility index (Phi) is 4.94. The Labute approximate surface area is 111 Å². The van der Waals surface area contributed by atoms with Crippen molar-refractivity contribution in [2.45, 2.75) is 88.5 Å². The van der Waals surface area contributed by atoms with E-state index in [1.54, 1.807) is 0 Å². The molecule has 0 radical (unpaired) electrons. The second-order valence-electron chi connectivity index (χ2n) is 8.49. The zero-order valence-corrected chi connectivity index (χ0v) is 14.1. The Bertz CT molecular complexity index is 235. The molecule has 0 nitrogen and oxygen atoms in total. The molecule has 104 valence electrons. The topological polar surface area (TPSA) is 0 Å².